The van der Waals surface area contributed by atoms with Crippen molar-refractivity contribution in [2.45, 2.75) is 6.61 Å². The fraction of sp³-hybridized carbons (Fsp3) is 0.333. The topological polar surface area (TPSA) is 58.0 Å². The molecule has 0 amide bonds. The second-order valence-electron chi connectivity index (χ2n) is 2.49. The van der Waals surface area contributed by atoms with Crippen molar-refractivity contribution in [1.29, 1.82) is 0 Å². The lowest BCUT2D eigenvalue weighted by molar-refractivity contribution is 0.128. The van der Waals surface area contributed by atoms with E-state index in [0.717, 1.165) is 5.56 Å². The Hall–Kier alpha value is -1.51. The zero-order valence-electron chi connectivity index (χ0n) is 7.26. The maximum absolute atomic E-state index is 7.99. The monoisotopic (exact) mass is 177 g/mol. The Bertz CT molecular complexity index is 280. The number of ether oxygens (including phenoxy) is 1. The summed E-state index contributed by atoms with van der Waals surface area (Å²) in [7, 11) is 0. The van der Waals surface area contributed by atoms with Gasteiger partial charge >= 0.3 is 0 Å². The molecule has 0 fully saturated rings. The first kappa shape index (κ1) is 9.58. The van der Waals surface area contributed by atoms with Crippen LogP contribution in [0.5, 0.6) is 0 Å². The van der Waals surface area contributed by atoms with Crippen molar-refractivity contribution in [2.24, 2.45) is 5.11 Å². The molecule has 0 aromatic heterocycles. The first-order valence-electron chi connectivity index (χ1n) is 4.06. The summed E-state index contributed by atoms with van der Waals surface area (Å²) in [4.78, 5) is 2.63. The van der Waals surface area contributed by atoms with Crippen LogP contribution in [0.25, 0.3) is 10.4 Å². The maximum atomic E-state index is 7.99. The van der Waals surface area contributed by atoms with Gasteiger partial charge in [0.05, 0.1) is 13.2 Å². The summed E-state index contributed by atoms with van der Waals surface area (Å²) in [6, 6.07) is 9.88. The van der Waals surface area contributed by atoms with Gasteiger partial charge in [0.25, 0.3) is 0 Å². The molecule has 4 heteroatoms. The zero-order valence-corrected chi connectivity index (χ0v) is 7.26. The molecular weight excluding hydrogens is 166 g/mol. The van der Waals surface area contributed by atoms with Crippen LogP contribution in [0.3, 0.4) is 0 Å². The van der Waals surface area contributed by atoms with E-state index in [9.17, 15) is 0 Å². The van der Waals surface area contributed by atoms with Crippen LogP contribution >= 0.6 is 0 Å². The van der Waals surface area contributed by atoms with Crippen molar-refractivity contribution in [1.82, 2.24) is 0 Å². The number of nitrogens with zero attached hydrogens (tertiary/aromatic N) is 3. The van der Waals surface area contributed by atoms with E-state index in [1.165, 1.54) is 0 Å². The molecule has 0 N–H and O–H groups in total. The highest BCUT2D eigenvalue weighted by Crippen LogP contribution is 1.99. The summed E-state index contributed by atoms with van der Waals surface area (Å²) in [5.41, 5.74) is 9.11. The predicted octanol–water partition coefficient (Wildman–Crippen LogP) is 2.51. The number of rotatable bonds is 5. The second-order valence-corrected chi connectivity index (χ2v) is 2.49. The minimum atomic E-state index is 0.392. The van der Waals surface area contributed by atoms with E-state index < -0.39 is 0 Å². The van der Waals surface area contributed by atoms with Crippen LogP contribution in [-0.2, 0) is 11.3 Å². The van der Waals surface area contributed by atoms with Crippen LogP contribution < -0.4 is 0 Å². The van der Waals surface area contributed by atoms with Gasteiger partial charge in [0.2, 0.25) is 0 Å². The average molecular weight is 177 g/mol. The fourth-order valence-corrected chi connectivity index (χ4v) is 0.914. The highest BCUT2D eigenvalue weighted by atomic mass is 16.5. The third-order valence-corrected chi connectivity index (χ3v) is 1.51. The third kappa shape index (κ3) is 4.15. The van der Waals surface area contributed by atoms with Gasteiger partial charge in [0, 0.05) is 11.5 Å². The minimum Gasteiger partial charge on any atom is -0.377 e. The molecule has 0 aliphatic rings. The van der Waals surface area contributed by atoms with E-state index in [0.29, 0.717) is 19.8 Å². The lowest BCUT2D eigenvalue weighted by atomic mass is 10.2. The Morgan fingerprint density at radius 1 is 1.31 bits per heavy atom. The van der Waals surface area contributed by atoms with Gasteiger partial charge in [0.15, 0.2) is 0 Å². The molecule has 0 unspecified atom stereocenters. The summed E-state index contributed by atoms with van der Waals surface area (Å²) >= 11 is 0. The zero-order chi connectivity index (χ0) is 9.36. The molecule has 4 nitrogen and oxygen atoms in total. The van der Waals surface area contributed by atoms with Gasteiger partial charge in [-0.2, -0.15) is 0 Å². The van der Waals surface area contributed by atoms with Gasteiger partial charge < -0.3 is 4.74 Å². The fourth-order valence-electron chi connectivity index (χ4n) is 0.914. The van der Waals surface area contributed by atoms with Crippen LogP contribution in [0.2, 0.25) is 0 Å². The molecule has 0 atom stereocenters. The van der Waals surface area contributed by atoms with Gasteiger partial charge in [-0.3, -0.25) is 0 Å². The first-order chi connectivity index (χ1) is 6.43. The largest absolute Gasteiger partial charge is 0.377 e. The van der Waals surface area contributed by atoms with Gasteiger partial charge in [-0.05, 0) is 11.1 Å². The van der Waals surface area contributed by atoms with E-state index in [4.69, 9.17) is 10.3 Å². The standard InChI is InChI=1S/C9H11N3O/c10-12-11-6-7-13-8-9-4-2-1-3-5-9/h1-5H,6-8H2. The molecule has 1 aromatic carbocycles. The normalized spacial score (nSPS) is 9.23. The summed E-state index contributed by atoms with van der Waals surface area (Å²) in [5, 5.41) is 3.36. The van der Waals surface area contributed by atoms with E-state index in [1.54, 1.807) is 0 Å². The van der Waals surface area contributed by atoms with Crippen LogP contribution in [0.4, 0.5) is 0 Å². The van der Waals surface area contributed by atoms with Gasteiger partial charge in [-0.15, -0.1) is 0 Å². The molecule has 1 rings (SSSR count). The quantitative estimate of drug-likeness (QED) is 0.295. The van der Waals surface area contributed by atoms with Gasteiger partial charge in [-0.1, -0.05) is 35.4 Å². The lowest BCUT2D eigenvalue weighted by Crippen LogP contribution is -1.97. The summed E-state index contributed by atoms with van der Waals surface area (Å²) < 4.78 is 5.26. The minimum absolute atomic E-state index is 0.392. The molecule has 13 heavy (non-hydrogen) atoms. The molecule has 0 radical (unpaired) electrons. The molecule has 0 saturated carbocycles. The van der Waals surface area contributed by atoms with Crippen molar-refractivity contribution in [3.63, 3.8) is 0 Å². The molecule has 0 aliphatic heterocycles. The van der Waals surface area contributed by atoms with Crippen molar-refractivity contribution in [3.8, 4) is 0 Å². The summed E-state index contributed by atoms with van der Waals surface area (Å²) in [6.07, 6.45) is 0. The van der Waals surface area contributed by atoms with Gasteiger partial charge in [-0.25, -0.2) is 0 Å². The van der Waals surface area contributed by atoms with Crippen LogP contribution in [0, 0.1) is 0 Å². The average Bonchev–Trinajstić information content (AvgIpc) is 2.19. The number of hydrogen-bond donors (Lipinski definition) is 0. The maximum Gasteiger partial charge on any atom is 0.0716 e. The lowest BCUT2D eigenvalue weighted by Gasteiger charge is -2.00. The van der Waals surface area contributed by atoms with Crippen molar-refractivity contribution >= 4 is 0 Å². The third-order valence-electron chi connectivity index (χ3n) is 1.51. The van der Waals surface area contributed by atoms with E-state index in [1.807, 2.05) is 30.3 Å². The molecule has 0 spiro atoms. The first-order valence-corrected chi connectivity index (χ1v) is 4.06. The Balaban J connectivity index is 2.17. The predicted molar refractivity (Wildman–Crippen MR) is 50.1 cm³/mol. The highest BCUT2D eigenvalue weighted by molar-refractivity contribution is 5.13. The Morgan fingerprint density at radius 2 is 2.08 bits per heavy atom. The molecule has 0 aliphatic carbocycles. The molecule has 0 bridgehead atoms. The van der Waals surface area contributed by atoms with Crippen LogP contribution in [-0.4, -0.2) is 13.2 Å². The smallest absolute Gasteiger partial charge is 0.0716 e. The van der Waals surface area contributed by atoms with Crippen molar-refractivity contribution < 1.29 is 4.74 Å². The van der Waals surface area contributed by atoms with Crippen molar-refractivity contribution in [3.05, 3.63) is 46.3 Å². The van der Waals surface area contributed by atoms with E-state index in [-0.39, 0.29) is 0 Å². The Kier molecular flexibility index (Phi) is 4.46. The second kappa shape index (κ2) is 6.06. The van der Waals surface area contributed by atoms with Gasteiger partial charge in [0.1, 0.15) is 0 Å². The summed E-state index contributed by atoms with van der Waals surface area (Å²) in [5.74, 6) is 0. The van der Waals surface area contributed by atoms with Crippen molar-refractivity contribution in [2.75, 3.05) is 13.2 Å². The number of hydrogen-bond acceptors (Lipinski definition) is 2. The molecular formula is C9H11N3O. The van der Waals surface area contributed by atoms with E-state index in [2.05, 4.69) is 10.0 Å². The molecule has 0 saturated heterocycles. The Morgan fingerprint density at radius 3 is 2.77 bits per heavy atom. The molecule has 68 valence electrons. The van der Waals surface area contributed by atoms with Crippen LogP contribution in [0.1, 0.15) is 5.56 Å². The molecule has 1 aromatic rings. The summed E-state index contributed by atoms with van der Waals surface area (Å²) in [6.45, 7) is 1.43. The number of azide groups is 1. The highest BCUT2D eigenvalue weighted by Gasteiger charge is 1.89. The SMILES string of the molecule is [N-]=[N+]=NCCOCc1ccccc1. The van der Waals surface area contributed by atoms with E-state index >= 15 is 0 Å². The molecule has 0 heterocycles. The Labute approximate surface area is 76.8 Å². The number of benzene rings is 1. The van der Waals surface area contributed by atoms with Crippen LogP contribution in [0.15, 0.2) is 35.4 Å².